The smallest absolute Gasteiger partial charge is 0.129 e. The summed E-state index contributed by atoms with van der Waals surface area (Å²) >= 11 is 0. The second kappa shape index (κ2) is 5.94. The van der Waals surface area contributed by atoms with E-state index in [2.05, 4.69) is 4.90 Å². The highest BCUT2D eigenvalue weighted by molar-refractivity contribution is 5.32. The maximum absolute atomic E-state index is 13.8. The minimum absolute atomic E-state index is 0.288. The van der Waals surface area contributed by atoms with Gasteiger partial charge in [-0.2, -0.15) is 5.26 Å². The first-order valence-electron chi connectivity index (χ1n) is 6.34. The summed E-state index contributed by atoms with van der Waals surface area (Å²) < 4.78 is 13.8. The second-order valence-electron chi connectivity index (χ2n) is 4.90. The third kappa shape index (κ3) is 3.06. The molecule has 2 rings (SSSR count). The summed E-state index contributed by atoms with van der Waals surface area (Å²) in [6, 6.07) is 6.63. The monoisotopic (exact) mass is 247 g/mol. The molecule has 4 heteroatoms. The van der Waals surface area contributed by atoms with Gasteiger partial charge in [0.05, 0.1) is 11.6 Å². The van der Waals surface area contributed by atoms with Crippen LogP contribution in [0, 0.1) is 23.1 Å². The first-order chi connectivity index (χ1) is 8.72. The number of nitrogens with zero attached hydrogens (tertiary/aromatic N) is 2. The quantitative estimate of drug-likeness (QED) is 0.887. The van der Waals surface area contributed by atoms with Gasteiger partial charge < -0.3 is 5.73 Å². The molecular formula is C14H18FN3. The van der Waals surface area contributed by atoms with Gasteiger partial charge in [-0.05, 0) is 44.0 Å². The van der Waals surface area contributed by atoms with Gasteiger partial charge in [0.1, 0.15) is 5.82 Å². The van der Waals surface area contributed by atoms with Crippen LogP contribution in [-0.4, -0.2) is 24.5 Å². The molecule has 1 atom stereocenters. The Morgan fingerprint density at radius 2 is 2.33 bits per heavy atom. The SMILES string of the molecule is N#Cc1ccc(CN2CCCC(CN)C2)c(F)c1. The summed E-state index contributed by atoms with van der Waals surface area (Å²) in [7, 11) is 0. The van der Waals surface area contributed by atoms with Crippen molar-refractivity contribution in [1.82, 2.24) is 4.90 Å². The number of rotatable bonds is 3. The highest BCUT2D eigenvalue weighted by atomic mass is 19.1. The van der Waals surface area contributed by atoms with E-state index >= 15 is 0 Å². The van der Waals surface area contributed by atoms with Crippen molar-refractivity contribution in [3.63, 3.8) is 0 Å². The third-order valence-corrected chi connectivity index (χ3v) is 3.51. The zero-order chi connectivity index (χ0) is 13.0. The number of nitrogens with two attached hydrogens (primary N) is 1. The zero-order valence-corrected chi connectivity index (χ0v) is 10.4. The molecule has 18 heavy (non-hydrogen) atoms. The van der Waals surface area contributed by atoms with Crippen LogP contribution in [0.15, 0.2) is 18.2 Å². The Labute approximate surface area is 107 Å². The molecular weight excluding hydrogens is 229 g/mol. The topological polar surface area (TPSA) is 53.0 Å². The molecule has 0 bridgehead atoms. The van der Waals surface area contributed by atoms with Crippen LogP contribution >= 0.6 is 0 Å². The molecule has 0 amide bonds. The number of nitriles is 1. The Morgan fingerprint density at radius 1 is 1.50 bits per heavy atom. The predicted octanol–water partition coefficient (Wildman–Crippen LogP) is 1.87. The zero-order valence-electron chi connectivity index (χ0n) is 10.4. The van der Waals surface area contributed by atoms with E-state index in [4.69, 9.17) is 11.0 Å². The molecule has 0 aliphatic carbocycles. The van der Waals surface area contributed by atoms with E-state index in [-0.39, 0.29) is 5.82 Å². The molecule has 1 saturated heterocycles. The van der Waals surface area contributed by atoms with Crippen molar-refractivity contribution in [3.05, 3.63) is 35.1 Å². The van der Waals surface area contributed by atoms with Gasteiger partial charge >= 0.3 is 0 Å². The van der Waals surface area contributed by atoms with Gasteiger partial charge in [0.15, 0.2) is 0 Å². The van der Waals surface area contributed by atoms with Crippen molar-refractivity contribution < 1.29 is 4.39 Å². The Morgan fingerprint density at radius 3 is 3.00 bits per heavy atom. The molecule has 0 saturated carbocycles. The van der Waals surface area contributed by atoms with E-state index < -0.39 is 0 Å². The van der Waals surface area contributed by atoms with E-state index in [9.17, 15) is 4.39 Å². The van der Waals surface area contributed by atoms with Crippen molar-refractivity contribution >= 4 is 0 Å². The minimum Gasteiger partial charge on any atom is -0.330 e. The van der Waals surface area contributed by atoms with Crippen LogP contribution in [0.25, 0.3) is 0 Å². The molecule has 1 fully saturated rings. The number of hydrogen-bond donors (Lipinski definition) is 1. The van der Waals surface area contributed by atoms with Gasteiger partial charge in [-0.1, -0.05) is 6.07 Å². The van der Waals surface area contributed by atoms with Crippen molar-refractivity contribution in [2.24, 2.45) is 11.7 Å². The molecule has 1 heterocycles. The van der Waals surface area contributed by atoms with Gasteiger partial charge in [-0.25, -0.2) is 4.39 Å². The van der Waals surface area contributed by atoms with Gasteiger partial charge in [-0.15, -0.1) is 0 Å². The van der Waals surface area contributed by atoms with Crippen molar-refractivity contribution in [2.45, 2.75) is 19.4 Å². The molecule has 0 spiro atoms. The lowest BCUT2D eigenvalue weighted by atomic mass is 9.98. The van der Waals surface area contributed by atoms with Crippen LogP contribution in [-0.2, 0) is 6.54 Å². The lowest BCUT2D eigenvalue weighted by molar-refractivity contribution is 0.169. The van der Waals surface area contributed by atoms with Crippen molar-refractivity contribution in [3.8, 4) is 6.07 Å². The van der Waals surface area contributed by atoms with E-state index in [0.717, 1.165) is 19.5 Å². The van der Waals surface area contributed by atoms with Crippen LogP contribution in [0.4, 0.5) is 4.39 Å². The maximum atomic E-state index is 13.8. The normalized spacial score (nSPS) is 20.6. The minimum atomic E-state index is -0.288. The number of benzene rings is 1. The summed E-state index contributed by atoms with van der Waals surface area (Å²) in [5, 5.41) is 8.70. The first kappa shape index (κ1) is 13.0. The van der Waals surface area contributed by atoms with Crippen LogP contribution < -0.4 is 5.73 Å². The lowest BCUT2D eigenvalue weighted by Crippen LogP contribution is -2.38. The Balaban J connectivity index is 2.03. The third-order valence-electron chi connectivity index (χ3n) is 3.51. The standard InChI is InChI=1S/C14H18FN3/c15-14-6-11(7-16)3-4-13(14)10-18-5-1-2-12(8-17)9-18/h3-4,6,12H,1-2,5,8-10,17H2. The maximum Gasteiger partial charge on any atom is 0.129 e. The molecule has 1 aliphatic heterocycles. The predicted molar refractivity (Wildman–Crippen MR) is 68.2 cm³/mol. The van der Waals surface area contributed by atoms with Gasteiger partial charge in [-0.3, -0.25) is 4.90 Å². The van der Waals surface area contributed by atoms with E-state index in [1.807, 2.05) is 6.07 Å². The largest absolute Gasteiger partial charge is 0.330 e. The molecule has 3 nitrogen and oxygen atoms in total. The van der Waals surface area contributed by atoms with E-state index in [1.165, 1.54) is 12.5 Å². The molecule has 0 aromatic heterocycles. The highest BCUT2D eigenvalue weighted by Gasteiger charge is 2.19. The average Bonchev–Trinajstić information content (AvgIpc) is 2.41. The summed E-state index contributed by atoms with van der Waals surface area (Å²) in [5.41, 5.74) is 6.72. The summed E-state index contributed by atoms with van der Waals surface area (Å²) in [6.45, 7) is 3.24. The van der Waals surface area contributed by atoms with Crippen LogP contribution in [0.1, 0.15) is 24.0 Å². The molecule has 0 radical (unpaired) electrons. The van der Waals surface area contributed by atoms with Crippen LogP contribution in [0.3, 0.4) is 0 Å². The van der Waals surface area contributed by atoms with Crippen molar-refractivity contribution in [1.29, 1.82) is 5.26 Å². The fraction of sp³-hybridized carbons (Fsp3) is 0.500. The Bertz CT molecular complexity index is 453. The van der Waals surface area contributed by atoms with Crippen LogP contribution in [0.5, 0.6) is 0 Å². The summed E-state index contributed by atoms with van der Waals surface area (Å²) in [5.74, 6) is 0.240. The molecule has 1 aromatic rings. The summed E-state index contributed by atoms with van der Waals surface area (Å²) in [4.78, 5) is 2.24. The number of halogens is 1. The Kier molecular flexibility index (Phi) is 4.29. The van der Waals surface area contributed by atoms with Gasteiger partial charge in [0.25, 0.3) is 0 Å². The summed E-state index contributed by atoms with van der Waals surface area (Å²) in [6.07, 6.45) is 2.29. The number of piperidine rings is 1. The van der Waals surface area contributed by atoms with E-state index in [1.54, 1.807) is 12.1 Å². The number of hydrogen-bond acceptors (Lipinski definition) is 3. The lowest BCUT2D eigenvalue weighted by Gasteiger charge is -2.32. The average molecular weight is 247 g/mol. The second-order valence-corrected chi connectivity index (χ2v) is 4.90. The molecule has 96 valence electrons. The van der Waals surface area contributed by atoms with Gasteiger partial charge in [0, 0.05) is 18.7 Å². The van der Waals surface area contributed by atoms with Crippen LogP contribution in [0.2, 0.25) is 0 Å². The molecule has 2 N–H and O–H groups in total. The highest BCUT2D eigenvalue weighted by Crippen LogP contribution is 2.19. The first-order valence-corrected chi connectivity index (χ1v) is 6.34. The molecule has 1 aromatic carbocycles. The Hall–Kier alpha value is -1.44. The fourth-order valence-electron chi connectivity index (χ4n) is 2.47. The van der Waals surface area contributed by atoms with Gasteiger partial charge in [0.2, 0.25) is 0 Å². The number of likely N-dealkylation sites (tertiary alicyclic amines) is 1. The molecule has 1 aliphatic rings. The fourth-order valence-corrected chi connectivity index (χ4v) is 2.47. The van der Waals surface area contributed by atoms with Crippen molar-refractivity contribution in [2.75, 3.05) is 19.6 Å². The van der Waals surface area contributed by atoms with E-state index in [0.29, 0.717) is 30.1 Å². The molecule has 1 unspecified atom stereocenters.